The third kappa shape index (κ3) is 7.46. The third-order valence-electron chi connectivity index (χ3n) is 0.834. The molecule has 0 fully saturated rings. The van der Waals surface area contributed by atoms with Crippen LogP contribution in [0.4, 0.5) is 0 Å². The maximum absolute atomic E-state index is 3.89. The van der Waals surface area contributed by atoms with Crippen LogP contribution in [0, 0.1) is 13.8 Å². The molecule has 0 saturated heterocycles. The average Bonchev–Trinajstić information content (AvgIpc) is 2.17. The first kappa shape index (κ1) is 13.2. The van der Waals surface area contributed by atoms with Crippen molar-refractivity contribution in [3.8, 4) is 0 Å². The van der Waals surface area contributed by atoms with Crippen molar-refractivity contribution in [3.05, 3.63) is 17.5 Å². The van der Waals surface area contributed by atoms with Gasteiger partial charge in [-0.3, -0.25) is 5.10 Å². The summed E-state index contributed by atoms with van der Waals surface area (Å²) in [6, 6.07) is 2.00. The predicted molar refractivity (Wildman–Crippen MR) is 54.4 cm³/mol. The first-order valence-corrected chi connectivity index (χ1v) is 3.69. The van der Waals surface area contributed by atoms with Gasteiger partial charge in [0.25, 0.3) is 0 Å². The molecule has 1 N–H and O–H groups in total. The summed E-state index contributed by atoms with van der Waals surface area (Å²) in [6.07, 6.45) is 1.25. The van der Waals surface area contributed by atoms with E-state index in [1.165, 1.54) is 6.42 Å². The lowest BCUT2D eigenvalue weighted by molar-refractivity contribution is 1.02. The molecule has 0 amide bonds. The second-order valence-corrected chi connectivity index (χ2v) is 2.40. The second kappa shape index (κ2) is 7.66. The van der Waals surface area contributed by atoms with E-state index < -0.39 is 0 Å². The number of hydrogen-bond donors (Lipinski definition) is 1. The van der Waals surface area contributed by atoms with Gasteiger partial charge in [-0.05, 0) is 19.9 Å². The molecule has 2 nitrogen and oxygen atoms in total. The van der Waals surface area contributed by atoms with Crippen LogP contribution in [0.25, 0.3) is 0 Å². The van der Waals surface area contributed by atoms with Gasteiger partial charge >= 0.3 is 0 Å². The Kier molecular flexibility index (Phi) is 9.18. The molecular weight excluding hydrogens is 156 g/mol. The van der Waals surface area contributed by atoms with E-state index >= 15 is 0 Å². The SMILES string of the molecule is CCC.Cc1cc(C)[nH]n1.S. The highest BCUT2D eigenvalue weighted by molar-refractivity contribution is 7.59. The van der Waals surface area contributed by atoms with Crippen molar-refractivity contribution in [2.24, 2.45) is 0 Å². The average molecular weight is 174 g/mol. The number of nitrogens with zero attached hydrogens (tertiary/aromatic N) is 1. The van der Waals surface area contributed by atoms with Crippen LogP contribution in [0.1, 0.15) is 31.7 Å². The van der Waals surface area contributed by atoms with E-state index in [2.05, 4.69) is 24.0 Å². The number of hydrogen-bond acceptors (Lipinski definition) is 1. The summed E-state index contributed by atoms with van der Waals surface area (Å²) in [4.78, 5) is 0. The highest BCUT2D eigenvalue weighted by Crippen LogP contribution is 1.92. The van der Waals surface area contributed by atoms with Gasteiger partial charge in [0.15, 0.2) is 0 Å². The summed E-state index contributed by atoms with van der Waals surface area (Å²) in [7, 11) is 0. The van der Waals surface area contributed by atoms with Crippen molar-refractivity contribution in [3.63, 3.8) is 0 Å². The fraction of sp³-hybridized carbons (Fsp3) is 0.625. The van der Waals surface area contributed by atoms with Crippen molar-refractivity contribution in [2.75, 3.05) is 0 Å². The van der Waals surface area contributed by atoms with Gasteiger partial charge in [0.05, 0.1) is 5.69 Å². The highest BCUT2D eigenvalue weighted by atomic mass is 32.1. The molecule has 1 aromatic heterocycles. The second-order valence-electron chi connectivity index (χ2n) is 2.40. The fourth-order valence-electron chi connectivity index (χ4n) is 0.554. The monoisotopic (exact) mass is 174 g/mol. The van der Waals surface area contributed by atoms with Crippen LogP contribution < -0.4 is 0 Å². The smallest absolute Gasteiger partial charge is 0.0593 e. The van der Waals surface area contributed by atoms with Crippen molar-refractivity contribution in [1.82, 2.24) is 10.2 Å². The minimum atomic E-state index is 0. The zero-order valence-electron chi connectivity index (χ0n) is 7.73. The number of nitrogens with one attached hydrogen (secondary N) is 1. The lowest BCUT2D eigenvalue weighted by Gasteiger charge is -1.68. The standard InChI is InChI=1S/C5H8N2.C3H8.H2S/c1-4-3-5(2)7-6-4;1-3-2;/h3H,1-2H3,(H,6,7);3H2,1-2H3;1H2. The Morgan fingerprint density at radius 3 is 1.91 bits per heavy atom. The van der Waals surface area contributed by atoms with E-state index in [1.807, 2.05) is 19.9 Å². The summed E-state index contributed by atoms with van der Waals surface area (Å²) < 4.78 is 0. The molecule has 0 unspecified atom stereocenters. The summed E-state index contributed by atoms with van der Waals surface area (Å²) in [6.45, 7) is 8.20. The molecule has 1 rings (SSSR count). The first-order chi connectivity index (χ1) is 4.70. The Bertz CT molecular complexity index is 156. The largest absolute Gasteiger partial charge is 0.283 e. The van der Waals surface area contributed by atoms with Crippen LogP contribution in [-0.4, -0.2) is 10.2 Å². The third-order valence-corrected chi connectivity index (χ3v) is 0.834. The number of H-pyrrole nitrogens is 1. The number of aryl methyl sites for hydroxylation is 2. The molecular formula is C8H18N2S. The lowest BCUT2D eigenvalue weighted by Crippen LogP contribution is -1.68. The molecule has 1 aromatic rings. The molecule has 1 heterocycles. The Hall–Kier alpha value is -0.440. The molecule has 0 spiro atoms. The van der Waals surface area contributed by atoms with Crippen LogP contribution in [0.5, 0.6) is 0 Å². The van der Waals surface area contributed by atoms with E-state index in [0.29, 0.717) is 0 Å². The van der Waals surface area contributed by atoms with E-state index in [9.17, 15) is 0 Å². The topological polar surface area (TPSA) is 28.7 Å². The zero-order valence-corrected chi connectivity index (χ0v) is 8.73. The van der Waals surface area contributed by atoms with Crippen molar-refractivity contribution >= 4 is 13.5 Å². The number of aromatic nitrogens is 2. The number of aromatic amines is 1. The molecule has 11 heavy (non-hydrogen) atoms. The molecule has 0 aromatic carbocycles. The number of rotatable bonds is 0. The van der Waals surface area contributed by atoms with E-state index in [0.717, 1.165) is 11.4 Å². The van der Waals surface area contributed by atoms with Crippen LogP contribution >= 0.6 is 13.5 Å². The van der Waals surface area contributed by atoms with Crippen molar-refractivity contribution in [2.45, 2.75) is 34.1 Å². The van der Waals surface area contributed by atoms with E-state index in [1.54, 1.807) is 0 Å². The molecule has 0 radical (unpaired) electrons. The van der Waals surface area contributed by atoms with E-state index in [-0.39, 0.29) is 13.5 Å². The molecule has 0 atom stereocenters. The highest BCUT2D eigenvalue weighted by Gasteiger charge is 1.84. The summed E-state index contributed by atoms with van der Waals surface area (Å²) in [5, 5.41) is 6.71. The fourth-order valence-corrected chi connectivity index (χ4v) is 0.554. The van der Waals surface area contributed by atoms with Crippen molar-refractivity contribution < 1.29 is 0 Å². The minimum Gasteiger partial charge on any atom is -0.283 e. The zero-order chi connectivity index (χ0) is 7.98. The Morgan fingerprint density at radius 2 is 1.82 bits per heavy atom. The Balaban J connectivity index is 0. The Morgan fingerprint density at radius 1 is 1.36 bits per heavy atom. The lowest BCUT2D eigenvalue weighted by atomic mass is 10.4. The van der Waals surface area contributed by atoms with Crippen LogP contribution in [0.15, 0.2) is 6.07 Å². The summed E-state index contributed by atoms with van der Waals surface area (Å²) in [5.41, 5.74) is 2.18. The van der Waals surface area contributed by atoms with E-state index in [4.69, 9.17) is 0 Å². The van der Waals surface area contributed by atoms with Crippen LogP contribution in [0.2, 0.25) is 0 Å². The van der Waals surface area contributed by atoms with Crippen LogP contribution in [0.3, 0.4) is 0 Å². The quantitative estimate of drug-likeness (QED) is 0.643. The van der Waals surface area contributed by atoms with Gasteiger partial charge in [-0.2, -0.15) is 18.6 Å². The maximum atomic E-state index is 3.89. The molecule has 0 aliphatic heterocycles. The molecule has 0 bridgehead atoms. The summed E-state index contributed by atoms with van der Waals surface area (Å²) >= 11 is 0. The minimum absolute atomic E-state index is 0. The van der Waals surface area contributed by atoms with Crippen LogP contribution in [-0.2, 0) is 0 Å². The maximum Gasteiger partial charge on any atom is 0.0593 e. The van der Waals surface area contributed by atoms with Gasteiger partial charge in [0.1, 0.15) is 0 Å². The van der Waals surface area contributed by atoms with Gasteiger partial charge in [-0.25, -0.2) is 0 Å². The van der Waals surface area contributed by atoms with Gasteiger partial charge in [-0.15, -0.1) is 0 Å². The molecule has 0 saturated carbocycles. The van der Waals surface area contributed by atoms with Gasteiger partial charge in [0.2, 0.25) is 0 Å². The van der Waals surface area contributed by atoms with Gasteiger partial charge in [0, 0.05) is 5.69 Å². The Labute approximate surface area is 75.9 Å². The molecule has 3 heteroatoms. The molecule has 0 aliphatic rings. The molecule has 66 valence electrons. The predicted octanol–water partition coefficient (Wildman–Crippen LogP) is 2.56. The molecule has 0 aliphatic carbocycles. The van der Waals surface area contributed by atoms with Gasteiger partial charge in [-0.1, -0.05) is 20.3 Å². The van der Waals surface area contributed by atoms with Crippen molar-refractivity contribution in [1.29, 1.82) is 0 Å². The normalized spacial score (nSPS) is 7.64. The van der Waals surface area contributed by atoms with Gasteiger partial charge < -0.3 is 0 Å². The summed E-state index contributed by atoms with van der Waals surface area (Å²) in [5.74, 6) is 0. The first-order valence-electron chi connectivity index (χ1n) is 3.69.